The molecule has 1 unspecified atom stereocenters. The highest BCUT2D eigenvalue weighted by molar-refractivity contribution is 5.96. The minimum absolute atomic E-state index is 0.0503. The van der Waals surface area contributed by atoms with Crippen LogP contribution in [0.1, 0.15) is 51.6 Å². The lowest BCUT2D eigenvalue weighted by atomic mass is 9.99. The van der Waals surface area contributed by atoms with E-state index in [-0.39, 0.29) is 24.1 Å². The molecule has 2 amide bonds. The van der Waals surface area contributed by atoms with Gasteiger partial charge in [-0.25, -0.2) is 4.79 Å². The summed E-state index contributed by atoms with van der Waals surface area (Å²) in [5.41, 5.74) is 1.33. The van der Waals surface area contributed by atoms with Crippen LogP contribution in [0.2, 0.25) is 0 Å². The Labute approximate surface area is 155 Å². The molecule has 0 aromatic heterocycles. The third-order valence-electron chi connectivity index (χ3n) is 5.01. The SMILES string of the molecule is C=C1CC(c2ccccc2)N(C2CCN(C(=O)OC(C)(C)C)CC2)C1=O. The number of carbonyl (C=O) groups is 2. The Bertz CT molecular complexity index is 685. The molecule has 2 aliphatic heterocycles. The van der Waals surface area contributed by atoms with Crippen molar-refractivity contribution >= 4 is 12.0 Å². The first-order valence-electron chi connectivity index (χ1n) is 9.29. The highest BCUT2D eigenvalue weighted by Crippen LogP contribution is 2.39. The first-order valence-corrected chi connectivity index (χ1v) is 9.29. The zero-order chi connectivity index (χ0) is 18.9. The lowest BCUT2D eigenvalue weighted by Gasteiger charge is -2.39. The predicted octanol–water partition coefficient (Wildman–Crippen LogP) is 3.92. The Morgan fingerprint density at radius 1 is 1.15 bits per heavy atom. The molecule has 0 radical (unpaired) electrons. The van der Waals surface area contributed by atoms with Gasteiger partial charge in [0, 0.05) is 31.1 Å². The van der Waals surface area contributed by atoms with Gasteiger partial charge in [0.2, 0.25) is 5.91 Å². The Morgan fingerprint density at radius 3 is 2.35 bits per heavy atom. The maximum Gasteiger partial charge on any atom is 0.410 e. The lowest BCUT2D eigenvalue weighted by molar-refractivity contribution is -0.129. The summed E-state index contributed by atoms with van der Waals surface area (Å²) in [7, 11) is 0. The smallest absolute Gasteiger partial charge is 0.410 e. The molecule has 2 saturated heterocycles. The summed E-state index contributed by atoms with van der Waals surface area (Å²) in [6.45, 7) is 10.8. The fraction of sp³-hybridized carbons (Fsp3) is 0.524. The number of rotatable bonds is 2. The third kappa shape index (κ3) is 3.92. The summed E-state index contributed by atoms with van der Waals surface area (Å²) in [4.78, 5) is 28.7. The average molecular weight is 356 g/mol. The van der Waals surface area contributed by atoms with E-state index in [1.54, 1.807) is 4.90 Å². The molecule has 2 fully saturated rings. The topological polar surface area (TPSA) is 49.9 Å². The Kier molecular flexibility index (Phi) is 5.08. The van der Waals surface area contributed by atoms with E-state index < -0.39 is 5.60 Å². The van der Waals surface area contributed by atoms with Gasteiger partial charge >= 0.3 is 6.09 Å². The third-order valence-corrected chi connectivity index (χ3v) is 5.01. The monoisotopic (exact) mass is 356 g/mol. The zero-order valence-electron chi connectivity index (χ0n) is 15.9. The van der Waals surface area contributed by atoms with Crippen molar-refractivity contribution in [3.63, 3.8) is 0 Å². The summed E-state index contributed by atoms with van der Waals surface area (Å²) >= 11 is 0. The van der Waals surface area contributed by atoms with Crippen LogP contribution in [0.3, 0.4) is 0 Å². The average Bonchev–Trinajstić information content (AvgIpc) is 2.89. The van der Waals surface area contributed by atoms with Gasteiger partial charge in [0.05, 0.1) is 6.04 Å². The molecule has 0 aliphatic carbocycles. The summed E-state index contributed by atoms with van der Waals surface area (Å²) in [5.74, 6) is 0.0505. The first kappa shape index (κ1) is 18.5. The largest absolute Gasteiger partial charge is 0.444 e. The second kappa shape index (κ2) is 7.14. The lowest BCUT2D eigenvalue weighted by Crippen LogP contribution is -2.48. The second-order valence-corrected chi connectivity index (χ2v) is 8.15. The molecular formula is C21H28N2O3. The minimum atomic E-state index is -0.491. The molecule has 1 aromatic rings. The number of hydrogen-bond acceptors (Lipinski definition) is 3. The number of benzene rings is 1. The van der Waals surface area contributed by atoms with E-state index in [1.807, 2.05) is 43.9 Å². The van der Waals surface area contributed by atoms with Gasteiger partial charge < -0.3 is 14.5 Å². The number of nitrogens with zero attached hydrogens (tertiary/aromatic N) is 2. The van der Waals surface area contributed by atoms with Crippen LogP contribution in [-0.4, -0.2) is 46.5 Å². The normalized spacial score (nSPS) is 22.0. The van der Waals surface area contributed by atoms with Crippen LogP contribution in [0.15, 0.2) is 42.5 Å². The number of likely N-dealkylation sites (tertiary alicyclic amines) is 2. The van der Waals surface area contributed by atoms with Crippen molar-refractivity contribution in [2.24, 2.45) is 0 Å². The van der Waals surface area contributed by atoms with Gasteiger partial charge in [0.25, 0.3) is 0 Å². The second-order valence-electron chi connectivity index (χ2n) is 8.15. The van der Waals surface area contributed by atoms with Crippen LogP contribution in [0.5, 0.6) is 0 Å². The fourth-order valence-corrected chi connectivity index (χ4v) is 3.77. The van der Waals surface area contributed by atoms with E-state index in [4.69, 9.17) is 4.74 Å². The van der Waals surface area contributed by atoms with Crippen molar-refractivity contribution < 1.29 is 14.3 Å². The predicted molar refractivity (Wildman–Crippen MR) is 101 cm³/mol. The van der Waals surface area contributed by atoms with Crippen molar-refractivity contribution in [1.82, 2.24) is 9.80 Å². The van der Waals surface area contributed by atoms with Crippen LogP contribution < -0.4 is 0 Å². The zero-order valence-corrected chi connectivity index (χ0v) is 15.9. The van der Waals surface area contributed by atoms with Crippen LogP contribution in [0, 0.1) is 0 Å². The highest BCUT2D eigenvalue weighted by Gasteiger charge is 2.41. The van der Waals surface area contributed by atoms with Gasteiger partial charge in [-0.2, -0.15) is 0 Å². The molecular weight excluding hydrogens is 328 g/mol. The van der Waals surface area contributed by atoms with E-state index in [2.05, 4.69) is 18.7 Å². The van der Waals surface area contributed by atoms with Crippen LogP contribution >= 0.6 is 0 Å². The van der Waals surface area contributed by atoms with Gasteiger partial charge in [-0.3, -0.25) is 4.79 Å². The molecule has 2 aliphatic rings. The van der Waals surface area contributed by atoms with Crippen LogP contribution in [0.25, 0.3) is 0 Å². The highest BCUT2D eigenvalue weighted by atomic mass is 16.6. The van der Waals surface area contributed by atoms with E-state index in [0.717, 1.165) is 18.4 Å². The van der Waals surface area contributed by atoms with Crippen molar-refractivity contribution in [3.8, 4) is 0 Å². The van der Waals surface area contributed by atoms with Crippen LogP contribution in [0.4, 0.5) is 4.79 Å². The minimum Gasteiger partial charge on any atom is -0.444 e. The van der Waals surface area contributed by atoms with Gasteiger partial charge in [-0.15, -0.1) is 0 Å². The molecule has 0 spiro atoms. The number of ether oxygens (including phenoxy) is 1. The summed E-state index contributed by atoms with van der Waals surface area (Å²) in [6, 6.07) is 10.3. The van der Waals surface area contributed by atoms with E-state index in [9.17, 15) is 9.59 Å². The Hall–Kier alpha value is -2.30. The summed E-state index contributed by atoms with van der Waals surface area (Å²) in [5, 5.41) is 0. The Balaban J connectivity index is 1.68. The molecule has 0 bridgehead atoms. The maximum absolute atomic E-state index is 12.7. The molecule has 3 rings (SSSR count). The standard InChI is InChI=1S/C21H28N2O3/c1-15-14-18(16-8-6-5-7-9-16)23(19(15)24)17-10-12-22(13-11-17)20(25)26-21(2,3)4/h5-9,17-18H,1,10-14H2,2-4H3. The molecule has 0 N–H and O–H groups in total. The van der Waals surface area contributed by atoms with E-state index in [0.29, 0.717) is 25.1 Å². The molecule has 1 atom stereocenters. The number of hydrogen-bond donors (Lipinski definition) is 0. The molecule has 2 heterocycles. The molecule has 140 valence electrons. The number of carbonyl (C=O) groups excluding carboxylic acids is 2. The fourth-order valence-electron chi connectivity index (χ4n) is 3.77. The number of piperidine rings is 1. The van der Waals surface area contributed by atoms with Crippen molar-refractivity contribution in [2.45, 2.75) is 57.7 Å². The molecule has 5 nitrogen and oxygen atoms in total. The molecule has 5 heteroatoms. The van der Waals surface area contributed by atoms with Gasteiger partial charge in [0.15, 0.2) is 0 Å². The van der Waals surface area contributed by atoms with Crippen molar-refractivity contribution in [2.75, 3.05) is 13.1 Å². The molecule has 1 aromatic carbocycles. The summed E-state index contributed by atoms with van der Waals surface area (Å²) < 4.78 is 5.46. The van der Waals surface area contributed by atoms with Gasteiger partial charge in [-0.05, 0) is 39.2 Å². The van der Waals surface area contributed by atoms with Crippen molar-refractivity contribution in [1.29, 1.82) is 0 Å². The van der Waals surface area contributed by atoms with Gasteiger partial charge in [0.1, 0.15) is 5.60 Å². The maximum atomic E-state index is 12.7. The van der Waals surface area contributed by atoms with E-state index in [1.165, 1.54) is 0 Å². The summed E-state index contributed by atoms with van der Waals surface area (Å²) in [6.07, 6.45) is 1.94. The quantitative estimate of drug-likeness (QED) is 0.755. The van der Waals surface area contributed by atoms with Gasteiger partial charge in [-0.1, -0.05) is 36.9 Å². The first-order chi connectivity index (χ1) is 12.3. The van der Waals surface area contributed by atoms with Crippen molar-refractivity contribution in [3.05, 3.63) is 48.0 Å². The van der Waals surface area contributed by atoms with Crippen LogP contribution in [-0.2, 0) is 9.53 Å². The molecule has 26 heavy (non-hydrogen) atoms. The number of amides is 2. The molecule has 0 saturated carbocycles. The Morgan fingerprint density at radius 2 is 1.77 bits per heavy atom. The van der Waals surface area contributed by atoms with E-state index >= 15 is 0 Å².